The Morgan fingerprint density at radius 3 is 2.03 bits per heavy atom. The molecule has 0 N–H and O–H groups in total. The van der Waals surface area contributed by atoms with E-state index in [-0.39, 0.29) is 22.3 Å². The summed E-state index contributed by atoms with van der Waals surface area (Å²) in [6, 6.07) is 0. The van der Waals surface area contributed by atoms with Crippen LogP contribution in [0.25, 0.3) is 0 Å². The van der Waals surface area contributed by atoms with Crippen molar-refractivity contribution in [2.45, 2.75) is 118 Å². The summed E-state index contributed by atoms with van der Waals surface area (Å²) in [6.45, 7) is 22.0. The van der Waals surface area contributed by atoms with E-state index in [4.69, 9.17) is 9.47 Å². The smallest absolute Gasteiger partial charge is 0.324 e. The quantitative estimate of drug-likeness (QED) is 0.111. The van der Waals surface area contributed by atoms with Crippen molar-refractivity contribution in [1.29, 1.82) is 0 Å². The molecule has 0 radical (unpaired) electrons. The molecule has 35 heavy (non-hydrogen) atoms. The lowest BCUT2D eigenvalue weighted by Gasteiger charge is -2.50. The Labute approximate surface area is 221 Å². The van der Waals surface area contributed by atoms with Crippen molar-refractivity contribution in [3.05, 3.63) is 12.3 Å². The number of hydrogen-bond donors (Lipinski definition) is 1. The molecule has 0 aliphatic heterocycles. The standard InChI is InChI=1S/C28H51F2O3PS/c1-11-27(14-12-13-15-27)33-21(3)25(9,19-34)16-20(2)24(7,8)26(10,17-23(4,5)6)22(31)32-18-28(29,30)35/h20,35H,3,11-19,34H2,1-2,4-10H3. The summed E-state index contributed by atoms with van der Waals surface area (Å²) in [4.78, 5) is 13.4. The van der Waals surface area contributed by atoms with Gasteiger partial charge in [-0.3, -0.25) is 4.79 Å². The minimum absolute atomic E-state index is 0.0472. The van der Waals surface area contributed by atoms with Crippen LogP contribution in [0, 0.1) is 27.6 Å². The van der Waals surface area contributed by atoms with E-state index in [1.807, 2.05) is 6.92 Å². The molecule has 0 amide bonds. The van der Waals surface area contributed by atoms with Gasteiger partial charge in [-0.25, -0.2) is 0 Å². The number of allylic oxidation sites excluding steroid dienone is 1. The molecule has 3 nitrogen and oxygen atoms in total. The molecule has 1 saturated carbocycles. The first-order valence-electron chi connectivity index (χ1n) is 13.0. The summed E-state index contributed by atoms with van der Waals surface area (Å²) in [5.74, 6) is 0.247. The first-order valence-corrected chi connectivity index (χ1v) is 14.3. The first-order chi connectivity index (χ1) is 15.7. The van der Waals surface area contributed by atoms with E-state index in [0.717, 1.165) is 37.6 Å². The van der Waals surface area contributed by atoms with Crippen LogP contribution in [0.15, 0.2) is 12.3 Å². The number of thiol groups is 1. The monoisotopic (exact) mass is 536 g/mol. The molecule has 1 fully saturated rings. The molecule has 0 aromatic heterocycles. The fourth-order valence-corrected chi connectivity index (χ4v) is 6.11. The Morgan fingerprint density at radius 1 is 1.11 bits per heavy atom. The Balaban J connectivity index is 3.24. The van der Waals surface area contributed by atoms with Gasteiger partial charge in [-0.15, -0.1) is 21.9 Å². The van der Waals surface area contributed by atoms with Crippen LogP contribution in [-0.4, -0.2) is 29.6 Å². The average Bonchev–Trinajstić information content (AvgIpc) is 3.18. The summed E-state index contributed by atoms with van der Waals surface area (Å²) >= 11 is 3.24. The minimum atomic E-state index is -3.36. The normalized spacial score (nSPS) is 21.1. The Hall–Kier alpha value is -0.350. The number of esters is 1. The topological polar surface area (TPSA) is 35.5 Å². The summed E-state index contributed by atoms with van der Waals surface area (Å²) in [7, 11) is 2.84. The highest BCUT2D eigenvalue weighted by molar-refractivity contribution is 7.81. The predicted molar refractivity (Wildman–Crippen MR) is 149 cm³/mol. The first kappa shape index (κ1) is 32.7. The fraction of sp³-hybridized carbons (Fsp3) is 0.893. The highest BCUT2D eigenvalue weighted by Crippen LogP contribution is 2.55. The zero-order valence-electron chi connectivity index (χ0n) is 23.7. The highest BCUT2D eigenvalue weighted by Gasteiger charge is 2.54. The maximum Gasteiger partial charge on any atom is 0.324 e. The predicted octanol–water partition coefficient (Wildman–Crippen LogP) is 8.68. The van der Waals surface area contributed by atoms with Crippen LogP contribution in [0.4, 0.5) is 8.78 Å². The molecule has 0 aromatic carbocycles. The molecular formula is C28H51F2O3PS. The Bertz CT molecular complexity index is 737. The number of rotatable bonds is 13. The van der Waals surface area contributed by atoms with Crippen LogP contribution in [0.3, 0.4) is 0 Å². The van der Waals surface area contributed by atoms with Crippen molar-refractivity contribution in [2.75, 3.05) is 12.8 Å². The van der Waals surface area contributed by atoms with Crippen LogP contribution >= 0.6 is 21.9 Å². The lowest BCUT2D eigenvalue weighted by molar-refractivity contribution is -0.174. The van der Waals surface area contributed by atoms with Crippen molar-refractivity contribution in [1.82, 2.24) is 0 Å². The summed E-state index contributed by atoms with van der Waals surface area (Å²) in [6.07, 6.45) is 7.47. The van der Waals surface area contributed by atoms with Crippen LogP contribution in [0.2, 0.25) is 0 Å². The van der Waals surface area contributed by atoms with E-state index < -0.39 is 28.7 Å². The van der Waals surface area contributed by atoms with E-state index in [1.54, 1.807) is 0 Å². The Kier molecular flexibility index (Phi) is 10.8. The van der Waals surface area contributed by atoms with Crippen molar-refractivity contribution in [3.63, 3.8) is 0 Å². The molecule has 0 spiro atoms. The fourth-order valence-electron chi connectivity index (χ4n) is 5.65. The second-order valence-electron chi connectivity index (χ2n) is 13.2. The number of halogens is 2. The van der Waals surface area contributed by atoms with Gasteiger partial charge in [0.1, 0.15) is 5.60 Å². The molecule has 0 aromatic rings. The molecule has 206 valence electrons. The molecule has 1 rings (SSSR count). The molecule has 4 atom stereocenters. The van der Waals surface area contributed by atoms with Gasteiger partial charge >= 0.3 is 11.2 Å². The second-order valence-corrected chi connectivity index (χ2v) is 14.2. The molecule has 1 aliphatic rings. The number of carbonyl (C=O) groups is 1. The van der Waals surface area contributed by atoms with E-state index >= 15 is 0 Å². The molecule has 7 heteroatoms. The maximum atomic E-state index is 13.4. The number of ether oxygens (including phenoxy) is 2. The van der Waals surface area contributed by atoms with E-state index in [9.17, 15) is 13.6 Å². The molecule has 0 bridgehead atoms. The van der Waals surface area contributed by atoms with Gasteiger partial charge in [0, 0.05) is 5.41 Å². The zero-order chi connectivity index (χ0) is 27.5. The van der Waals surface area contributed by atoms with Crippen molar-refractivity contribution in [2.24, 2.45) is 27.6 Å². The lowest BCUT2D eigenvalue weighted by atomic mass is 9.54. The third-order valence-corrected chi connectivity index (χ3v) is 9.77. The van der Waals surface area contributed by atoms with E-state index in [1.165, 1.54) is 12.8 Å². The number of alkyl halides is 2. The second kappa shape index (κ2) is 11.6. The van der Waals surface area contributed by atoms with Gasteiger partial charge < -0.3 is 9.47 Å². The highest BCUT2D eigenvalue weighted by atomic mass is 32.1. The van der Waals surface area contributed by atoms with Gasteiger partial charge in [-0.1, -0.05) is 62.0 Å². The summed E-state index contributed by atoms with van der Waals surface area (Å²) in [5.41, 5.74) is -2.18. The minimum Gasteiger partial charge on any atom is -0.492 e. The maximum absolute atomic E-state index is 13.4. The lowest BCUT2D eigenvalue weighted by Crippen LogP contribution is -2.50. The van der Waals surface area contributed by atoms with Crippen molar-refractivity contribution >= 4 is 27.8 Å². The van der Waals surface area contributed by atoms with Crippen LogP contribution in [0.1, 0.15) is 107 Å². The largest absolute Gasteiger partial charge is 0.492 e. The Morgan fingerprint density at radius 2 is 1.63 bits per heavy atom. The van der Waals surface area contributed by atoms with Crippen LogP contribution < -0.4 is 0 Å². The van der Waals surface area contributed by atoms with Crippen LogP contribution in [0.5, 0.6) is 0 Å². The zero-order valence-corrected chi connectivity index (χ0v) is 25.7. The third kappa shape index (κ3) is 8.32. The van der Waals surface area contributed by atoms with Crippen LogP contribution in [-0.2, 0) is 14.3 Å². The molecule has 4 unspecified atom stereocenters. The number of hydrogen-bond acceptors (Lipinski definition) is 4. The van der Waals surface area contributed by atoms with Gasteiger partial charge in [0.15, 0.2) is 6.61 Å². The molecular weight excluding hydrogens is 485 g/mol. The summed E-state index contributed by atoms with van der Waals surface area (Å²) in [5, 5.41) is -3.36. The SMILES string of the molecule is C=C(OC1(CC)CCCC1)C(C)(CP)CC(C)C(C)(C)C(C)(CC(C)(C)C)C(=O)OCC(F)(F)S. The van der Waals surface area contributed by atoms with Gasteiger partial charge in [-0.05, 0) is 74.8 Å². The molecule has 0 saturated heterocycles. The van der Waals surface area contributed by atoms with Gasteiger partial charge in [0.05, 0.1) is 11.2 Å². The van der Waals surface area contributed by atoms with E-state index in [2.05, 4.69) is 83.8 Å². The average molecular weight is 537 g/mol. The van der Waals surface area contributed by atoms with Crippen molar-refractivity contribution < 1.29 is 23.0 Å². The third-order valence-electron chi connectivity index (χ3n) is 8.74. The van der Waals surface area contributed by atoms with Crippen molar-refractivity contribution in [3.8, 4) is 0 Å². The van der Waals surface area contributed by atoms with Gasteiger partial charge in [-0.2, -0.15) is 8.78 Å². The van der Waals surface area contributed by atoms with Gasteiger partial charge in [0.25, 0.3) is 0 Å². The van der Waals surface area contributed by atoms with Gasteiger partial charge in [0.2, 0.25) is 0 Å². The summed E-state index contributed by atoms with van der Waals surface area (Å²) < 4.78 is 38.6. The molecule has 1 aliphatic carbocycles. The van der Waals surface area contributed by atoms with E-state index in [0.29, 0.717) is 6.42 Å². The number of carbonyl (C=O) groups excluding carboxylic acids is 1. The molecule has 0 heterocycles.